The molecule has 0 aliphatic carbocycles. The topological polar surface area (TPSA) is 15.3 Å². The summed E-state index contributed by atoms with van der Waals surface area (Å²) < 4.78 is 0. The van der Waals surface area contributed by atoms with Crippen molar-refractivity contribution in [2.45, 2.75) is 57.9 Å². The van der Waals surface area contributed by atoms with Crippen LogP contribution in [0.4, 0.5) is 0 Å². The molecule has 2 rings (SSSR count). The molecule has 0 spiro atoms. The maximum absolute atomic E-state index is 3.64. The smallest absolute Gasteiger partial charge is 0.0195 e. The minimum atomic E-state index is 0.746. The van der Waals surface area contributed by atoms with Crippen molar-refractivity contribution < 1.29 is 0 Å². The first-order valence-electron chi connectivity index (χ1n) is 8.88. The summed E-state index contributed by atoms with van der Waals surface area (Å²) in [5, 5.41) is 3.64. The first-order valence-corrected chi connectivity index (χ1v) is 8.88. The Morgan fingerprint density at radius 1 is 1.10 bits per heavy atom. The molecule has 1 fully saturated rings. The van der Waals surface area contributed by atoms with Crippen LogP contribution in [-0.4, -0.2) is 37.1 Å². The first kappa shape index (κ1) is 16.5. The Balaban J connectivity index is 1.65. The van der Waals surface area contributed by atoms with Gasteiger partial charge in [0.15, 0.2) is 0 Å². The molecule has 1 aliphatic heterocycles. The molecule has 1 saturated heterocycles. The molecule has 1 unspecified atom stereocenters. The lowest BCUT2D eigenvalue weighted by molar-refractivity contribution is 0.241. The van der Waals surface area contributed by atoms with Crippen LogP contribution in [0.1, 0.15) is 51.0 Å². The molecule has 1 atom stereocenters. The standard InChI is InChI=1S/C19H32N2/c1-2-3-15-21(17-19-13-9-14-20-19)16-8-7-12-18-10-5-4-6-11-18/h4-6,10-11,19-20H,2-3,7-9,12-17H2,1H3. The van der Waals surface area contributed by atoms with Crippen molar-refractivity contribution in [3.8, 4) is 0 Å². The highest BCUT2D eigenvalue weighted by Crippen LogP contribution is 2.10. The molecule has 0 amide bonds. The molecule has 2 heteroatoms. The fourth-order valence-corrected chi connectivity index (χ4v) is 3.21. The fraction of sp³-hybridized carbons (Fsp3) is 0.684. The second-order valence-electron chi connectivity index (χ2n) is 6.39. The van der Waals surface area contributed by atoms with E-state index >= 15 is 0 Å². The number of hydrogen-bond acceptors (Lipinski definition) is 2. The van der Waals surface area contributed by atoms with Crippen LogP contribution < -0.4 is 5.32 Å². The summed E-state index contributed by atoms with van der Waals surface area (Å²) in [4.78, 5) is 2.69. The third-order valence-electron chi connectivity index (χ3n) is 4.50. The fourth-order valence-electron chi connectivity index (χ4n) is 3.21. The quantitative estimate of drug-likeness (QED) is 0.658. The minimum absolute atomic E-state index is 0.746. The van der Waals surface area contributed by atoms with E-state index in [1.54, 1.807) is 0 Å². The average molecular weight is 288 g/mol. The van der Waals surface area contributed by atoms with E-state index in [9.17, 15) is 0 Å². The van der Waals surface area contributed by atoms with Gasteiger partial charge in [-0.25, -0.2) is 0 Å². The van der Waals surface area contributed by atoms with Gasteiger partial charge in [-0.1, -0.05) is 43.7 Å². The van der Waals surface area contributed by atoms with Crippen molar-refractivity contribution >= 4 is 0 Å². The summed E-state index contributed by atoms with van der Waals surface area (Å²) in [6.07, 6.45) is 9.23. The van der Waals surface area contributed by atoms with Crippen molar-refractivity contribution in [2.24, 2.45) is 0 Å². The molecule has 1 aliphatic rings. The number of nitrogens with one attached hydrogen (secondary N) is 1. The van der Waals surface area contributed by atoms with Gasteiger partial charge in [-0.3, -0.25) is 0 Å². The average Bonchev–Trinajstić information content (AvgIpc) is 3.03. The van der Waals surface area contributed by atoms with Gasteiger partial charge in [0.2, 0.25) is 0 Å². The van der Waals surface area contributed by atoms with Crippen LogP contribution in [0.3, 0.4) is 0 Å². The largest absolute Gasteiger partial charge is 0.313 e. The van der Waals surface area contributed by atoms with Crippen molar-refractivity contribution in [2.75, 3.05) is 26.2 Å². The third-order valence-corrected chi connectivity index (χ3v) is 4.50. The molecule has 1 aromatic rings. The molecule has 1 aromatic carbocycles. The van der Waals surface area contributed by atoms with Crippen LogP contribution in [0.15, 0.2) is 30.3 Å². The maximum atomic E-state index is 3.64. The predicted molar refractivity (Wildman–Crippen MR) is 91.8 cm³/mol. The van der Waals surface area contributed by atoms with E-state index in [4.69, 9.17) is 0 Å². The molecule has 0 aromatic heterocycles. The van der Waals surface area contributed by atoms with Crippen LogP contribution in [0.25, 0.3) is 0 Å². The second-order valence-corrected chi connectivity index (χ2v) is 6.39. The van der Waals surface area contributed by atoms with Gasteiger partial charge < -0.3 is 10.2 Å². The molecule has 1 N–H and O–H groups in total. The normalized spacial score (nSPS) is 18.5. The molecule has 0 saturated carbocycles. The van der Waals surface area contributed by atoms with E-state index in [1.165, 1.54) is 76.7 Å². The molecule has 118 valence electrons. The van der Waals surface area contributed by atoms with Crippen LogP contribution in [0.2, 0.25) is 0 Å². The molecular weight excluding hydrogens is 256 g/mol. The summed E-state index contributed by atoms with van der Waals surface area (Å²) in [5.41, 5.74) is 1.48. The SMILES string of the molecule is CCCCN(CCCCc1ccccc1)CC1CCCN1. The van der Waals surface area contributed by atoms with E-state index in [1.807, 2.05) is 0 Å². The molecule has 0 radical (unpaired) electrons. The van der Waals surface area contributed by atoms with Gasteiger partial charge >= 0.3 is 0 Å². The van der Waals surface area contributed by atoms with Crippen molar-refractivity contribution in [3.63, 3.8) is 0 Å². The van der Waals surface area contributed by atoms with Gasteiger partial charge in [0.05, 0.1) is 0 Å². The Morgan fingerprint density at radius 3 is 2.62 bits per heavy atom. The van der Waals surface area contributed by atoms with E-state index in [2.05, 4.69) is 47.5 Å². The van der Waals surface area contributed by atoms with Gasteiger partial charge in [-0.2, -0.15) is 0 Å². The highest BCUT2D eigenvalue weighted by Gasteiger charge is 2.17. The zero-order chi connectivity index (χ0) is 14.8. The Morgan fingerprint density at radius 2 is 1.90 bits per heavy atom. The van der Waals surface area contributed by atoms with Crippen LogP contribution >= 0.6 is 0 Å². The van der Waals surface area contributed by atoms with Gasteiger partial charge in [-0.05, 0) is 63.7 Å². The van der Waals surface area contributed by atoms with Gasteiger partial charge in [-0.15, -0.1) is 0 Å². The Kier molecular flexibility index (Phi) is 7.83. The lowest BCUT2D eigenvalue weighted by Crippen LogP contribution is -2.38. The zero-order valence-corrected chi connectivity index (χ0v) is 13.7. The second kappa shape index (κ2) is 9.97. The summed E-state index contributed by atoms with van der Waals surface area (Å²) in [5.74, 6) is 0. The number of rotatable bonds is 10. The molecule has 2 nitrogen and oxygen atoms in total. The Hall–Kier alpha value is -0.860. The Labute approximate surface area is 130 Å². The van der Waals surface area contributed by atoms with Gasteiger partial charge in [0.1, 0.15) is 0 Å². The lowest BCUT2D eigenvalue weighted by Gasteiger charge is -2.25. The number of aryl methyl sites for hydroxylation is 1. The molecule has 21 heavy (non-hydrogen) atoms. The van der Waals surface area contributed by atoms with Gasteiger partial charge in [0, 0.05) is 12.6 Å². The summed E-state index contributed by atoms with van der Waals surface area (Å²) >= 11 is 0. The number of unbranched alkanes of at least 4 members (excludes halogenated alkanes) is 2. The first-order chi connectivity index (χ1) is 10.4. The highest BCUT2D eigenvalue weighted by atomic mass is 15.1. The van der Waals surface area contributed by atoms with Gasteiger partial charge in [0.25, 0.3) is 0 Å². The number of benzene rings is 1. The van der Waals surface area contributed by atoms with E-state index in [-0.39, 0.29) is 0 Å². The monoisotopic (exact) mass is 288 g/mol. The number of hydrogen-bond donors (Lipinski definition) is 1. The summed E-state index contributed by atoms with van der Waals surface area (Å²) in [6.45, 7) is 7.32. The van der Waals surface area contributed by atoms with Crippen molar-refractivity contribution in [3.05, 3.63) is 35.9 Å². The van der Waals surface area contributed by atoms with E-state index < -0.39 is 0 Å². The number of nitrogens with zero attached hydrogens (tertiary/aromatic N) is 1. The lowest BCUT2D eigenvalue weighted by atomic mass is 10.1. The summed E-state index contributed by atoms with van der Waals surface area (Å²) in [7, 11) is 0. The maximum Gasteiger partial charge on any atom is 0.0195 e. The zero-order valence-electron chi connectivity index (χ0n) is 13.7. The predicted octanol–water partition coefficient (Wildman–Crippen LogP) is 3.86. The van der Waals surface area contributed by atoms with Crippen LogP contribution in [0, 0.1) is 0 Å². The van der Waals surface area contributed by atoms with E-state index in [0.717, 1.165) is 6.04 Å². The molecule has 0 bridgehead atoms. The highest BCUT2D eigenvalue weighted by molar-refractivity contribution is 5.14. The van der Waals surface area contributed by atoms with Crippen LogP contribution in [0.5, 0.6) is 0 Å². The van der Waals surface area contributed by atoms with Crippen molar-refractivity contribution in [1.82, 2.24) is 10.2 Å². The molecule has 1 heterocycles. The minimum Gasteiger partial charge on any atom is -0.313 e. The van der Waals surface area contributed by atoms with E-state index in [0.29, 0.717) is 0 Å². The Bertz CT molecular complexity index is 357. The van der Waals surface area contributed by atoms with Crippen LogP contribution in [-0.2, 0) is 6.42 Å². The molecular formula is C19H32N2. The summed E-state index contributed by atoms with van der Waals surface area (Å²) in [6, 6.07) is 11.6. The third kappa shape index (κ3) is 6.62. The van der Waals surface area contributed by atoms with Crippen molar-refractivity contribution in [1.29, 1.82) is 0 Å².